The van der Waals surface area contributed by atoms with E-state index in [4.69, 9.17) is 0 Å². The Morgan fingerprint density at radius 2 is 1.67 bits per heavy atom. The van der Waals surface area contributed by atoms with E-state index < -0.39 is 10.2 Å². The molecule has 0 unspecified atom stereocenters. The van der Waals surface area contributed by atoms with E-state index in [1.165, 1.54) is 0 Å². The lowest BCUT2D eigenvalue weighted by atomic mass is 10.3. The maximum absolute atomic E-state index is 12.6. The van der Waals surface area contributed by atoms with Crippen molar-refractivity contribution in [1.82, 2.24) is 18.6 Å². The monoisotopic (exact) mass is 354 g/mol. The number of hydrogen-bond acceptors (Lipinski definition) is 6. The van der Waals surface area contributed by atoms with Crippen molar-refractivity contribution in [2.45, 2.75) is 26.7 Å². The summed E-state index contributed by atoms with van der Waals surface area (Å²) in [6, 6.07) is 1.92. The van der Waals surface area contributed by atoms with Gasteiger partial charge >= 0.3 is 0 Å². The van der Waals surface area contributed by atoms with Crippen LogP contribution in [0.3, 0.4) is 0 Å². The first-order valence-corrected chi connectivity index (χ1v) is 10.00. The number of piperazine rings is 1. The topological polar surface area (TPSA) is 81.7 Å². The molecule has 134 valence electrons. The van der Waals surface area contributed by atoms with Crippen LogP contribution in [0.1, 0.15) is 25.5 Å². The summed E-state index contributed by atoms with van der Waals surface area (Å²) < 4.78 is 28.4. The first-order valence-electron chi connectivity index (χ1n) is 8.60. The molecule has 0 radical (unpaired) electrons. The number of nitrogens with zero attached hydrogens (tertiary/aromatic N) is 5. The van der Waals surface area contributed by atoms with Crippen LogP contribution in [0.15, 0.2) is 6.07 Å². The van der Waals surface area contributed by atoms with Crippen molar-refractivity contribution >= 4 is 22.0 Å². The first-order chi connectivity index (χ1) is 11.5. The van der Waals surface area contributed by atoms with Gasteiger partial charge in [-0.05, 0) is 26.7 Å². The Balaban J connectivity index is 1.67. The Hall–Kier alpha value is -1.45. The number of rotatable bonds is 5. The fraction of sp³-hybridized carbons (Fsp3) is 0.733. The van der Waals surface area contributed by atoms with Gasteiger partial charge in [0.15, 0.2) is 0 Å². The molecule has 2 aliphatic rings. The molecule has 0 bridgehead atoms. The zero-order chi connectivity index (χ0) is 17.2. The molecular formula is C15H26N6O2S. The third kappa shape index (κ3) is 3.62. The Bertz CT molecular complexity index is 667. The van der Waals surface area contributed by atoms with Crippen molar-refractivity contribution in [2.24, 2.45) is 0 Å². The summed E-state index contributed by atoms with van der Waals surface area (Å²) in [5.74, 6) is 1.48. The van der Waals surface area contributed by atoms with Crippen LogP contribution < -0.4 is 10.2 Å². The van der Waals surface area contributed by atoms with Crippen molar-refractivity contribution in [3.8, 4) is 0 Å². The van der Waals surface area contributed by atoms with Crippen LogP contribution in [-0.2, 0) is 10.2 Å². The highest BCUT2D eigenvalue weighted by atomic mass is 32.2. The minimum atomic E-state index is -3.31. The third-order valence-electron chi connectivity index (χ3n) is 4.44. The smallest absolute Gasteiger partial charge is 0.282 e. The molecule has 0 aliphatic carbocycles. The van der Waals surface area contributed by atoms with Crippen molar-refractivity contribution in [2.75, 3.05) is 56.0 Å². The lowest BCUT2D eigenvalue weighted by Crippen LogP contribution is -2.53. The second kappa shape index (κ2) is 7.20. The van der Waals surface area contributed by atoms with Gasteiger partial charge in [-0.3, -0.25) is 0 Å². The Morgan fingerprint density at radius 1 is 1.04 bits per heavy atom. The minimum absolute atomic E-state index is 0.479. The zero-order valence-corrected chi connectivity index (χ0v) is 15.2. The van der Waals surface area contributed by atoms with E-state index in [9.17, 15) is 8.42 Å². The standard InChI is InChI=1S/C15H26N6O2S/c1-3-16-14-12-13(2)17-15(18-14)19-8-10-21(11-9-19)24(22,23)20-6-4-5-7-20/h12H,3-11H2,1-2H3,(H,16,17,18). The molecule has 0 saturated carbocycles. The fourth-order valence-electron chi connectivity index (χ4n) is 3.17. The van der Waals surface area contributed by atoms with E-state index >= 15 is 0 Å². The van der Waals surface area contributed by atoms with Crippen LogP contribution in [0, 0.1) is 6.92 Å². The summed E-state index contributed by atoms with van der Waals surface area (Å²) >= 11 is 0. The van der Waals surface area contributed by atoms with Gasteiger partial charge in [0.05, 0.1) is 0 Å². The second-order valence-corrected chi connectivity index (χ2v) is 8.15. The van der Waals surface area contributed by atoms with Gasteiger partial charge in [0, 0.05) is 57.6 Å². The molecule has 0 amide bonds. The van der Waals surface area contributed by atoms with Crippen molar-refractivity contribution in [3.05, 3.63) is 11.8 Å². The van der Waals surface area contributed by atoms with Crippen LogP contribution in [-0.4, -0.2) is 72.8 Å². The zero-order valence-electron chi connectivity index (χ0n) is 14.4. The SMILES string of the molecule is CCNc1cc(C)nc(N2CCN(S(=O)(=O)N3CCCC3)CC2)n1. The highest BCUT2D eigenvalue weighted by Crippen LogP contribution is 2.20. The average molecular weight is 354 g/mol. The Morgan fingerprint density at radius 3 is 2.29 bits per heavy atom. The molecule has 2 saturated heterocycles. The highest BCUT2D eigenvalue weighted by Gasteiger charge is 2.34. The number of hydrogen-bond donors (Lipinski definition) is 1. The molecule has 2 aliphatic heterocycles. The third-order valence-corrected chi connectivity index (χ3v) is 6.47. The molecule has 8 nitrogen and oxygen atoms in total. The van der Waals surface area contributed by atoms with Crippen molar-refractivity contribution in [3.63, 3.8) is 0 Å². The Labute approximate surface area is 144 Å². The number of anilines is 2. The highest BCUT2D eigenvalue weighted by molar-refractivity contribution is 7.86. The van der Waals surface area contributed by atoms with Gasteiger partial charge in [-0.2, -0.15) is 22.0 Å². The predicted octanol–water partition coefficient (Wildman–Crippen LogP) is 0.679. The fourth-order valence-corrected chi connectivity index (χ4v) is 4.84. The summed E-state index contributed by atoms with van der Waals surface area (Å²) in [5, 5.41) is 3.21. The molecule has 1 aromatic rings. The summed E-state index contributed by atoms with van der Waals surface area (Å²) in [4.78, 5) is 11.1. The number of aromatic nitrogens is 2. The molecule has 24 heavy (non-hydrogen) atoms. The van der Waals surface area contributed by atoms with Gasteiger partial charge in [0.2, 0.25) is 5.95 Å². The summed E-state index contributed by atoms with van der Waals surface area (Å²) in [7, 11) is -3.31. The average Bonchev–Trinajstić information content (AvgIpc) is 3.10. The van der Waals surface area contributed by atoms with E-state index in [0.717, 1.165) is 30.9 Å². The van der Waals surface area contributed by atoms with E-state index in [0.29, 0.717) is 45.2 Å². The van der Waals surface area contributed by atoms with Crippen LogP contribution >= 0.6 is 0 Å². The van der Waals surface area contributed by atoms with Gasteiger partial charge in [0.1, 0.15) is 5.82 Å². The minimum Gasteiger partial charge on any atom is -0.370 e. The van der Waals surface area contributed by atoms with Gasteiger partial charge in [-0.25, -0.2) is 4.98 Å². The molecule has 1 aromatic heterocycles. The van der Waals surface area contributed by atoms with Gasteiger partial charge in [-0.15, -0.1) is 0 Å². The van der Waals surface area contributed by atoms with Gasteiger partial charge in [0.25, 0.3) is 10.2 Å². The molecule has 3 heterocycles. The lowest BCUT2D eigenvalue weighted by molar-refractivity contribution is 0.342. The molecule has 0 atom stereocenters. The maximum Gasteiger partial charge on any atom is 0.282 e. The van der Waals surface area contributed by atoms with Crippen molar-refractivity contribution in [1.29, 1.82) is 0 Å². The molecule has 0 spiro atoms. The molecule has 2 fully saturated rings. The van der Waals surface area contributed by atoms with E-state index in [-0.39, 0.29) is 0 Å². The van der Waals surface area contributed by atoms with Crippen LogP contribution in [0.4, 0.5) is 11.8 Å². The Kier molecular flexibility index (Phi) is 5.21. The van der Waals surface area contributed by atoms with Gasteiger partial charge < -0.3 is 10.2 Å². The summed E-state index contributed by atoms with van der Waals surface area (Å²) in [6.45, 7) is 8.26. The first kappa shape index (κ1) is 17.4. The summed E-state index contributed by atoms with van der Waals surface area (Å²) in [5.41, 5.74) is 0.906. The van der Waals surface area contributed by atoms with Crippen molar-refractivity contribution < 1.29 is 8.42 Å². The van der Waals surface area contributed by atoms with E-state index in [1.807, 2.05) is 19.9 Å². The normalized spacial score (nSPS) is 20.5. The summed E-state index contributed by atoms with van der Waals surface area (Å²) in [6.07, 6.45) is 1.92. The molecule has 1 N–H and O–H groups in total. The van der Waals surface area contributed by atoms with Crippen LogP contribution in [0.2, 0.25) is 0 Å². The van der Waals surface area contributed by atoms with Crippen LogP contribution in [0.25, 0.3) is 0 Å². The van der Waals surface area contributed by atoms with E-state index in [1.54, 1.807) is 8.61 Å². The molecule has 3 rings (SSSR count). The number of nitrogens with one attached hydrogen (secondary N) is 1. The maximum atomic E-state index is 12.6. The second-order valence-electron chi connectivity index (χ2n) is 6.22. The van der Waals surface area contributed by atoms with E-state index in [2.05, 4.69) is 20.2 Å². The van der Waals surface area contributed by atoms with Gasteiger partial charge in [-0.1, -0.05) is 0 Å². The molecule has 0 aromatic carbocycles. The molecule has 9 heteroatoms. The number of aryl methyl sites for hydroxylation is 1. The lowest BCUT2D eigenvalue weighted by Gasteiger charge is -2.35. The largest absolute Gasteiger partial charge is 0.370 e. The molecular weight excluding hydrogens is 328 g/mol. The predicted molar refractivity (Wildman–Crippen MR) is 94.4 cm³/mol. The quantitative estimate of drug-likeness (QED) is 0.837. The van der Waals surface area contributed by atoms with Crippen LogP contribution in [0.5, 0.6) is 0 Å².